The molecule has 0 atom stereocenters. The Labute approximate surface area is 169 Å². The Morgan fingerprint density at radius 3 is 2.64 bits per heavy atom. The molecular weight excluding hydrogens is 380 g/mol. The van der Waals surface area contributed by atoms with Crippen LogP contribution in [0.15, 0.2) is 59.1 Å². The molecule has 0 saturated heterocycles. The third-order valence-corrected chi connectivity index (χ3v) is 4.13. The van der Waals surface area contributed by atoms with E-state index in [9.17, 15) is 4.79 Å². The van der Waals surface area contributed by atoms with Crippen molar-refractivity contribution in [3.63, 3.8) is 0 Å². The molecule has 0 saturated carbocycles. The van der Waals surface area contributed by atoms with Gasteiger partial charge in [-0.3, -0.25) is 4.79 Å². The van der Waals surface area contributed by atoms with Crippen molar-refractivity contribution in [2.45, 2.75) is 6.42 Å². The normalized spacial score (nSPS) is 10.2. The van der Waals surface area contributed by atoms with Gasteiger partial charge in [0.25, 0.3) is 17.6 Å². The maximum absolute atomic E-state index is 12.8. The van der Waals surface area contributed by atoms with Gasteiger partial charge in [0.15, 0.2) is 0 Å². The lowest BCUT2D eigenvalue weighted by Gasteiger charge is -2.20. The van der Waals surface area contributed by atoms with Crippen LogP contribution in [0.2, 0.25) is 0 Å². The van der Waals surface area contributed by atoms with Gasteiger partial charge in [-0.1, -0.05) is 41.6 Å². The first kappa shape index (κ1) is 21.4. The Morgan fingerprint density at radius 1 is 1.14 bits per heavy atom. The second-order valence-electron chi connectivity index (χ2n) is 5.97. The number of carbonyl (C=O) groups excluding carboxylic acids is 1. The third-order valence-electron chi connectivity index (χ3n) is 4.13. The summed E-state index contributed by atoms with van der Waals surface area (Å²) in [7, 11) is 1.58. The van der Waals surface area contributed by atoms with Crippen LogP contribution < -0.4 is 10.5 Å². The quantitative estimate of drug-likeness (QED) is 0.622. The van der Waals surface area contributed by atoms with Crippen LogP contribution in [0.25, 0.3) is 11.5 Å². The maximum Gasteiger partial charge on any atom is 0.295 e. The Hall–Kier alpha value is -2.90. The molecule has 0 spiro atoms. The van der Waals surface area contributed by atoms with Crippen molar-refractivity contribution in [2.24, 2.45) is 5.73 Å². The summed E-state index contributed by atoms with van der Waals surface area (Å²) in [5, 5.41) is 3.85. The Balaban J connectivity index is 0.00000280. The third kappa shape index (κ3) is 5.31. The highest BCUT2D eigenvalue weighted by molar-refractivity contribution is 5.90. The topological polar surface area (TPSA) is 94.5 Å². The van der Waals surface area contributed by atoms with Gasteiger partial charge >= 0.3 is 0 Å². The molecule has 28 heavy (non-hydrogen) atoms. The molecular formula is C20H23ClN4O3. The fraction of sp³-hybridized carbons (Fsp3) is 0.250. The highest BCUT2D eigenvalue weighted by Gasteiger charge is 2.21. The molecule has 2 N–H and O–H groups in total. The van der Waals surface area contributed by atoms with Crippen LogP contribution in [0, 0.1) is 0 Å². The number of nitrogens with two attached hydrogens (primary N) is 1. The predicted molar refractivity (Wildman–Crippen MR) is 109 cm³/mol. The molecule has 0 unspecified atom stereocenters. The van der Waals surface area contributed by atoms with Crippen LogP contribution in [-0.4, -0.2) is 47.7 Å². The minimum atomic E-state index is -0.297. The van der Waals surface area contributed by atoms with E-state index in [1.807, 2.05) is 48.5 Å². The molecule has 0 aliphatic rings. The molecule has 2 aromatic carbocycles. The van der Waals surface area contributed by atoms with E-state index in [2.05, 4.69) is 10.1 Å². The van der Waals surface area contributed by atoms with Crippen LogP contribution in [0.5, 0.6) is 5.75 Å². The van der Waals surface area contributed by atoms with E-state index in [1.54, 1.807) is 18.1 Å². The summed E-state index contributed by atoms with van der Waals surface area (Å²) in [6.45, 7) is 1.32. The van der Waals surface area contributed by atoms with Gasteiger partial charge in [0, 0.05) is 25.2 Å². The Bertz CT molecular complexity index is 886. The number of methoxy groups -OCH3 is 1. The fourth-order valence-electron chi connectivity index (χ4n) is 2.70. The molecule has 3 aromatic rings. The van der Waals surface area contributed by atoms with Crippen LogP contribution >= 0.6 is 12.4 Å². The zero-order valence-corrected chi connectivity index (χ0v) is 16.4. The van der Waals surface area contributed by atoms with Crippen molar-refractivity contribution in [3.8, 4) is 17.2 Å². The number of ether oxygens (including phenoxy) is 1. The molecule has 3 rings (SSSR count). The lowest BCUT2D eigenvalue weighted by atomic mass is 10.1. The Morgan fingerprint density at radius 2 is 1.93 bits per heavy atom. The summed E-state index contributed by atoms with van der Waals surface area (Å²) in [6.07, 6.45) is 0.729. The van der Waals surface area contributed by atoms with E-state index in [-0.39, 0.29) is 30.0 Å². The van der Waals surface area contributed by atoms with Gasteiger partial charge in [-0.2, -0.15) is 4.98 Å². The van der Waals surface area contributed by atoms with Crippen LogP contribution in [0.3, 0.4) is 0 Å². The zero-order chi connectivity index (χ0) is 19.1. The molecule has 1 aromatic heterocycles. The molecule has 148 valence electrons. The van der Waals surface area contributed by atoms with E-state index in [1.165, 1.54) is 0 Å². The molecule has 0 bridgehead atoms. The molecule has 7 nitrogen and oxygen atoms in total. The van der Waals surface area contributed by atoms with Crippen LogP contribution in [0.1, 0.15) is 16.2 Å². The maximum atomic E-state index is 12.8. The van der Waals surface area contributed by atoms with Crippen molar-refractivity contribution >= 4 is 18.3 Å². The first-order valence-corrected chi connectivity index (χ1v) is 8.72. The summed E-state index contributed by atoms with van der Waals surface area (Å²) in [6, 6.07) is 17.2. The zero-order valence-electron chi connectivity index (χ0n) is 15.6. The van der Waals surface area contributed by atoms with Gasteiger partial charge in [0.2, 0.25) is 0 Å². The molecule has 0 radical (unpaired) electrons. The molecule has 0 fully saturated rings. The van der Waals surface area contributed by atoms with Crippen LogP contribution in [0.4, 0.5) is 0 Å². The summed E-state index contributed by atoms with van der Waals surface area (Å²) < 4.78 is 10.5. The molecule has 0 aliphatic carbocycles. The van der Waals surface area contributed by atoms with Crippen molar-refractivity contribution in [2.75, 3.05) is 26.7 Å². The molecule has 1 amide bonds. The molecule has 8 heteroatoms. The number of carbonyl (C=O) groups is 1. The Kier molecular flexibility index (Phi) is 7.98. The number of aromatic nitrogens is 2. The van der Waals surface area contributed by atoms with Gasteiger partial charge in [0.1, 0.15) is 5.75 Å². The highest BCUT2D eigenvalue weighted by atomic mass is 35.5. The number of hydrogen-bond donors (Lipinski definition) is 1. The lowest BCUT2D eigenvalue weighted by Crippen LogP contribution is -2.37. The van der Waals surface area contributed by atoms with Gasteiger partial charge in [-0.15, -0.1) is 12.4 Å². The molecule has 0 aliphatic heterocycles. The van der Waals surface area contributed by atoms with Crippen molar-refractivity contribution < 1.29 is 14.1 Å². The minimum absolute atomic E-state index is 0. The SMILES string of the molecule is COc1cccc(-c2nc(C(=O)N(CCN)CCc3ccccc3)no2)c1.Cl. The van der Waals surface area contributed by atoms with E-state index >= 15 is 0 Å². The largest absolute Gasteiger partial charge is 0.497 e. The average molecular weight is 403 g/mol. The van der Waals surface area contributed by atoms with E-state index in [0.717, 1.165) is 12.0 Å². The second-order valence-corrected chi connectivity index (χ2v) is 5.97. The number of amides is 1. The lowest BCUT2D eigenvalue weighted by molar-refractivity contribution is 0.0746. The van der Waals surface area contributed by atoms with E-state index in [4.69, 9.17) is 15.0 Å². The summed E-state index contributed by atoms with van der Waals surface area (Å²) in [4.78, 5) is 18.7. The van der Waals surface area contributed by atoms with Gasteiger partial charge in [0.05, 0.1) is 7.11 Å². The standard InChI is InChI=1S/C20H22N4O3.ClH/c1-26-17-9-5-8-16(14-17)19-22-18(23-27-19)20(25)24(13-11-21)12-10-15-6-3-2-4-7-15;/h2-9,14H,10-13,21H2,1H3;1H. The van der Waals surface area contributed by atoms with Crippen molar-refractivity contribution in [3.05, 3.63) is 66.0 Å². The summed E-state index contributed by atoms with van der Waals surface area (Å²) in [5.41, 5.74) is 7.51. The van der Waals surface area contributed by atoms with Crippen LogP contribution in [-0.2, 0) is 6.42 Å². The molecule has 1 heterocycles. The average Bonchev–Trinajstić information content (AvgIpc) is 3.22. The van der Waals surface area contributed by atoms with Gasteiger partial charge in [-0.05, 0) is 30.2 Å². The van der Waals surface area contributed by atoms with Gasteiger partial charge in [-0.25, -0.2) is 0 Å². The monoisotopic (exact) mass is 402 g/mol. The van der Waals surface area contributed by atoms with Crippen molar-refractivity contribution in [1.29, 1.82) is 0 Å². The van der Waals surface area contributed by atoms with Crippen molar-refractivity contribution in [1.82, 2.24) is 15.0 Å². The predicted octanol–water partition coefficient (Wildman–Crippen LogP) is 2.81. The second kappa shape index (κ2) is 10.4. The number of benzene rings is 2. The summed E-state index contributed by atoms with van der Waals surface area (Å²) in [5.74, 6) is 0.669. The number of rotatable bonds is 8. The van der Waals surface area contributed by atoms with Gasteiger partial charge < -0.3 is 19.9 Å². The van der Waals surface area contributed by atoms with E-state index < -0.39 is 0 Å². The first-order chi connectivity index (χ1) is 13.2. The number of halogens is 1. The number of hydrogen-bond acceptors (Lipinski definition) is 6. The fourth-order valence-corrected chi connectivity index (χ4v) is 2.70. The number of nitrogens with zero attached hydrogens (tertiary/aromatic N) is 3. The first-order valence-electron chi connectivity index (χ1n) is 8.72. The highest BCUT2D eigenvalue weighted by Crippen LogP contribution is 2.22. The minimum Gasteiger partial charge on any atom is -0.497 e. The smallest absolute Gasteiger partial charge is 0.295 e. The summed E-state index contributed by atoms with van der Waals surface area (Å²) >= 11 is 0. The van der Waals surface area contributed by atoms with E-state index in [0.29, 0.717) is 30.9 Å².